The van der Waals surface area contributed by atoms with Gasteiger partial charge in [0.15, 0.2) is 0 Å². The molecule has 0 radical (unpaired) electrons. The van der Waals surface area contributed by atoms with Gasteiger partial charge in [0, 0.05) is 0 Å². The van der Waals surface area contributed by atoms with Crippen molar-refractivity contribution < 1.29 is 69.9 Å². The Hall–Kier alpha value is 2.84. The van der Waals surface area contributed by atoms with Gasteiger partial charge in [-0.1, -0.05) is 0 Å². The minimum absolute atomic E-state index is 0. The molecule has 0 saturated heterocycles. The van der Waals surface area contributed by atoms with Gasteiger partial charge < -0.3 is 37.2 Å². The molecule has 5 heavy (non-hydrogen) atoms. The molecule has 0 atom stereocenters. The molecule has 0 rings (SSSR count). The number of hydrogen-bond acceptors (Lipinski definition) is 0. The smallest absolute Gasteiger partial charge is 3.00 e. The summed E-state index contributed by atoms with van der Waals surface area (Å²) in [5.74, 6) is 0. The van der Waals surface area contributed by atoms with Gasteiger partial charge in [-0.2, -0.15) is 0 Å². The topological polar surface area (TPSA) is 0 Å². The molecular formula is H3Cl3InY. The molecule has 0 heterocycles. The summed E-state index contributed by atoms with van der Waals surface area (Å²) in [6, 6.07) is 0. The SMILES string of the molecule is [Cl-].[Cl-].[Cl-].[InH3].[Y+3]. The Kier molecular flexibility index (Phi) is 263. The van der Waals surface area contributed by atoms with Gasteiger partial charge in [0.05, 0.1) is 0 Å². The fraction of sp³-hybridized carbons (Fsp3) is 0. The molecule has 0 aliphatic heterocycles. The fourth-order valence-electron chi connectivity index (χ4n) is 0. The molecule has 0 amide bonds. The van der Waals surface area contributed by atoms with Gasteiger partial charge in [0.1, 0.15) is 0 Å². The van der Waals surface area contributed by atoms with Crippen molar-refractivity contribution in [3.8, 4) is 0 Å². The first-order chi connectivity index (χ1) is 0. The summed E-state index contributed by atoms with van der Waals surface area (Å²) in [6.07, 6.45) is 0. The minimum Gasteiger partial charge on any atom is 3.00 e. The van der Waals surface area contributed by atoms with Gasteiger partial charge in [-0.25, -0.2) is 0 Å². The zero-order valence-corrected chi connectivity index (χ0v) is 6.82. The van der Waals surface area contributed by atoms with E-state index in [0.29, 0.717) is 0 Å². The predicted molar refractivity (Wildman–Crippen MR) is 9.94 cm³/mol. The summed E-state index contributed by atoms with van der Waals surface area (Å²) in [5, 5.41) is 0. The van der Waals surface area contributed by atoms with Gasteiger partial charge in [-0.15, -0.1) is 0 Å². The molecule has 0 aliphatic carbocycles. The van der Waals surface area contributed by atoms with Crippen molar-refractivity contribution in [2.75, 3.05) is 0 Å². The van der Waals surface area contributed by atoms with E-state index in [4.69, 9.17) is 0 Å². The third-order valence-corrected chi connectivity index (χ3v) is 0. The van der Waals surface area contributed by atoms with Crippen LogP contribution in [0.2, 0.25) is 0 Å². The Balaban J connectivity index is 0. The maximum atomic E-state index is 0. The summed E-state index contributed by atoms with van der Waals surface area (Å²) < 4.78 is 0. The summed E-state index contributed by atoms with van der Waals surface area (Å²) in [7, 11) is 0. The first-order valence-electron chi connectivity index (χ1n) is 0. The van der Waals surface area contributed by atoms with Crippen molar-refractivity contribution in [2.24, 2.45) is 0 Å². The molecular weight excluding hydrogens is 310 g/mol. The van der Waals surface area contributed by atoms with Crippen LogP contribution in [0.5, 0.6) is 0 Å². The van der Waals surface area contributed by atoms with Gasteiger partial charge >= 0.3 is 58.6 Å². The summed E-state index contributed by atoms with van der Waals surface area (Å²) in [5.41, 5.74) is 0. The Labute approximate surface area is 94.1 Å². The minimum atomic E-state index is 0. The average molecular weight is 313 g/mol. The first kappa shape index (κ1) is 45.4. The van der Waals surface area contributed by atoms with Crippen LogP contribution >= 0.6 is 0 Å². The molecule has 0 saturated carbocycles. The second-order valence-corrected chi connectivity index (χ2v) is 0. The van der Waals surface area contributed by atoms with Crippen LogP contribution in [0.1, 0.15) is 0 Å². The summed E-state index contributed by atoms with van der Waals surface area (Å²) >= 11 is 0. The first-order valence-corrected chi connectivity index (χ1v) is 0. The van der Waals surface area contributed by atoms with Crippen LogP contribution < -0.4 is 37.2 Å². The normalized spacial score (nSPS) is 0. The third kappa shape index (κ3) is 19.9. The molecule has 5 heteroatoms. The Morgan fingerprint density at radius 2 is 0.600 bits per heavy atom. The van der Waals surface area contributed by atoms with E-state index in [1.54, 1.807) is 0 Å². The van der Waals surface area contributed by atoms with Crippen LogP contribution in [0.25, 0.3) is 0 Å². The van der Waals surface area contributed by atoms with E-state index in [0.717, 1.165) is 0 Å². The monoisotopic (exact) mass is 312 g/mol. The molecule has 0 fully saturated rings. The fourth-order valence-corrected chi connectivity index (χ4v) is 0. The molecule has 0 nitrogen and oxygen atoms in total. The van der Waals surface area contributed by atoms with Crippen molar-refractivity contribution in [1.29, 1.82) is 0 Å². The van der Waals surface area contributed by atoms with Crippen LogP contribution in [0.3, 0.4) is 0 Å². The molecule has 0 aromatic carbocycles. The van der Waals surface area contributed by atoms with Crippen LogP contribution in [0, 0.1) is 0 Å². The zero-order valence-electron chi connectivity index (χ0n) is 1.71. The number of hydrogen-bond donors (Lipinski definition) is 0. The van der Waals surface area contributed by atoms with E-state index in [-0.39, 0.29) is 95.8 Å². The van der Waals surface area contributed by atoms with Gasteiger partial charge in [0.2, 0.25) is 0 Å². The molecule has 0 unspecified atom stereocenters. The predicted octanol–water partition coefficient (Wildman–Crippen LogP) is -10.2. The standard InChI is InChI=1S/3ClH.In.Y.3H/h3*1H;;;;;/q;;;;+3;;;/p-3. The quantitative estimate of drug-likeness (QED) is 0.417. The molecule has 0 spiro atoms. The van der Waals surface area contributed by atoms with Crippen LogP contribution in [0.15, 0.2) is 0 Å². The van der Waals surface area contributed by atoms with Gasteiger partial charge in [-0.3, -0.25) is 0 Å². The van der Waals surface area contributed by atoms with E-state index >= 15 is 0 Å². The summed E-state index contributed by atoms with van der Waals surface area (Å²) in [4.78, 5) is 0. The number of halogens is 3. The zero-order chi connectivity index (χ0) is 0. The number of rotatable bonds is 0. The molecule has 0 N–H and O–H groups in total. The van der Waals surface area contributed by atoms with E-state index in [1.807, 2.05) is 0 Å². The molecule has 0 aliphatic rings. The van der Waals surface area contributed by atoms with Gasteiger partial charge in [-0.05, 0) is 0 Å². The Morgan fingerprint density at radius 3 is 0.600 bits per heavy atom. The van der Waals surface area contributed by atoms with Crippen LogP contribution in [-0.4, -0.2) is 25.8 Å². The van der Waals surface area contributed by atoms with Crippen molar-refractivity contribution in [3.05, 3.63) is 0 Å². The Morgan fingerprint density at radius 1 is 0.600 bits per heavy atom. The van der Waals surface area contributed by atoms with Crippen molar-refractivity contribution >= 4 is 25.8 Å². The third-order valence-electron chi connectivity index (χ3n) is 0. The van der Waals surface area contributed by atoms with Crippen LogP contribution in [-0.2, 0) is 32.7 Å². The second-order valence-electron chi connectivity index (χ2n) is 0. The maximum absolute atomic E-state index is 0. The summed E-state index contributed by atoms with van der Waals surface area (Å²) in [6.45, 7) is 0. The van der Waals surface area contributed by atoms with Crippen molar-refractivity contribution in [2.45, 2.75) is 0 Å². The van der Waals surface area contributed by atoms with Crippen molar-refractivity contribution in [1.82, 2.24) is 0 Å². The largest absolute Gasteiger partial charge is 3.00 e. The van der Waals surface area contributed by atoms with Crippen LogP contribution in [0.4, 0.5) is 0 Å². The van der Waals surface area contributed by atoms with E-state index in [1.165, 1.54) is 0 Å². The molecule has 30 valence electrons. The van der Waals surface area contributed by atoms with E-state index < -0.39 is 0 Å². The van der Waals surface area contributed by atoms with E-state index in [2.05, 4.69) is 0 Å². The van der Waals surface area contributed by atoms with E-state index in [9.17, 15) is 0 Å². The van der Waals surface area contributed by atoms with Gasteiger partial charge in [0.25, 0.3) is 0 Å². The molecule has 0 aromatic heterocycles. The molecule has 0 bridgehead atoms. The van der Waals surface area contributed by atoms with Crippen molar-refractivity contribution in [3.63, 3.8) is 0 Å². The second kappa shape index (κ2) is 28.9. The molecule has 0 aromatic rings. The Bertz CT molecular complexity index is 6.85. The maximum Gasteiger partial charge on any atom is 3.00 e. The average Bonchev–Trinajstić information content (AvgIpc) is 0.